The number of hydrogen-bond donors (Lipinski definition) is 1. The van der Waals surface area contributed by atoms with E-state index in [0.717, 1.165) is 51.7 Å². The van der Waals surface area contributed by atoms with Crippen LogP contribution in [0.4, 0.5) is 0 Å². The highest BCUT2D eigenvalue weighted by atomic mass is 16.5. The summed E-state index contributed by atoms with van der Waals surface area (Å²) in [6.07, 6.45) is 6.50. The van der Waals surface area contributed by atoms with Crippen molar-refractivity contribution in [1.82, 2.24) is 10.2 Å². The molecule has 0 saturated carbocycles. The Labute approximate surface area is 196 Å². The Balaban J connectivity index is 1.18. The number of carbonyl (C=O) groups is 2. The lowest BCUT2D eigenvalue weighted by molar-refractivity contribution is -0.0754. The third-order valence-electron chi connectivity index (χ3n) is 6.92. The van der Waals surface area contributed by atoms with Crippen LogP contribution in [0.3, 0.4) is 0 Å². The zero-order valence-electron chi connectivity index (χ0n) is 19.4. The molecule has 2 saturated heterocycles. The van der Waals surface area contributed by atoms with Gasteiger partial charge in [-0.05, 0) is 68.8 Å². The molecule has 6 heteroatoms. The lowest BCUT2D eigenvalue weighted by Gasteiger charge is -2.39. The first-order valence-corrected chi connectivity index (χ1v) is 12.0. The van der Waals surface area contributed by atoms with E-state index in [2.05, 4.69) is 40.5 Å². The van der Waals surface area contributed by atoms with E-state index in [-0.39, 0.29) is 17.6 Å². The Kier molecular flexibility index (Phi) is 7.78. The van der Waals surface area contributed by atoms with Crippen molar-refractivity contribution in [3.05, 3.63) is 71.3 Å². The summed E-state index contributed by atoms with van der Waals surface area (Å²) in [6, 6.07) is 17.3. The minimum atomic E-state index is -0.447. The standard InChI is InChI=1S/C27H34N2O4/c1-32-26(31)23-11-5-10-22(19-23)25(30)28-20-24-12-13-27(33-24)14-17-29(18-15-27)16-6-9-21-7-3-2-4-8-21/h2-5,7-8,10-11,19,24H,6,9,12-18,20H2,1H3,(H,28,30). The highest BCUT2D eigenvalue weighted by molar-refractivity contribution is 5.97. The zero-order chi connectivity index (χ0) is 23.1. The molecule has 2 aromatic rings. The molecule has 0 aromatic heterocycles. The smallest absolute Gasteiger partial charge is 0.337 e. The first-order valence-electron chi connectivity index (χ1n) is 12.0. The number of likely N-dealkylation sites (tertiary alicyclic amines) is 1. The number of hydrogen-bond acceptors (Lipinski definition) is 5. The Morgan fingerprint density at radius 1 is 1.06 bits per heavy atom. The molecule has 2 aliphatic rings. The molecule has 2 aliphatic heterocycles. The molecular formula is C27H34N2O4. The second-order valence-corrected chi connectivity index (χ2v) is 9.17. The molecule has 1 unspecified atom stereocenters. The van der Waals surface area contributed by atoms with Gasteiger partial charge >= 0.3 is 5.97 Å². The van der Waals surface area contributed by atoms with Crippen LogP contribution in [0.5, 0.6) is 0 Å². The van der Waals surface area contributed by atoms with Crippen LogP contribution in [-0.4, -0.2) is 61.8 Å². The Hall–Kier alpha value is -2.70. The van der Waals surface area contributed by atoms with Crippen molar-refractivity contribution in [2.24, 2.45) is 0 Å². The first kappa shape index (κ1) is 23.5. The summed E-state index contributed by atoms with van der Waals surface area (Å²) < 4.78 is 11.2. The van der Waals surface area contributed by atoms with Crippen molar-refractivity contribution in [1.29, 1.82) is 0 Å². The van der Waals surface area contributed by atoms with Crippen molar-refractivity contribution in [3.63, 3.8) is 0 Å². The van der Waals surface area contributed by atoms with Crippen LogP contribution in [0.25, 0.3) is 0 Å². The lowest BCUT2D eigenvalue weighted by atomic mass is 9.88. The SMILES string of the molecule is COC(=O)c1cccc(C(=O)NCC2CCC3(CCN(CCCc4ccccc4)CC3)O2)c1. The highest BCUT2D eigenvalue weighted by Crippen LogP contribution is 2.38. The maximum absolute atomic E-state index is 12.6. The summed E-state index contributed by atoms with van der Waals surface area (Å²) in [6.45, 7) is 3.78. The van der Waals surface area contributed by atoms with E-state index in [4.69, 9.17) is 9.47 Å². The van der Waals surface area contributed by atoms with Gasteiger partial charge in [-0.25, -0.2) is 4.79 Å². The van der Waals surface area contributed by atoms with Crippen molar-refractivity contribution in [2.75, 3.05) is 33.3 Å². The minimum Gasteiger partial charge on any atom is -0.465 e. The third-order valence-corrected chi connectivity index (χ3v) is 6.92. The fraction of sp³-hybridized carbons (Fsp3) is 0.481. The van der Waals surface area contributed by atoms with Crippen molar-refractivity contribution in [2.45, 2.75) is 50.2 Å². The van der Waals surface area contributed by atoms with E-state index >= 15 is 0 Å². The van der Waals surface area contributed by atoms with E-state index in [1.165, 1.54) is 19.1 Å². The first-order chi connectivity index (χ1) is 16.1. The van der Waals surface area contributed by atoms with Crippen molar-refractivity contribution >= 4 is 11.9 Å². The summed E-state index contributed by atoms with van der Waals surface area (Å²) >= 11 is 0. The number of carbonyl (C=O) groups excluding carboxylic acids is 2. The van der Waals surface area contributed by atoms with E-state index in [0.29, 0.717) is 17.7 Å². The monoisotopic (exact) mass is 450 g/mol. The van der Waals surface area contributed by atoms with Crippen LogP contribution in [0.15, 0.2) is 54.6 Å². The lowest BCUT2D eigenvalue weighted by Crippen LogP contribution is -2.45. The topological polar surface area (TPSA) is 67.9 Å². The molecule has 0 bridgehead atoms. The molecule has 2 heterocycles. The van der Waals surface area contributed by atoms with Crippen LogP contribution >= 0.6 is 0 Å². The van der Waals surface area contributed by atoms with Crippen LogP contribution < -0.4 is 5.32 Å². The molecule has 176 valence electrons. The minimum absolute atomic E-state index is 0.0316. The van der Waals surface area contributed by atoms with Crippen LogP contribution in [0.1, 0.15) is 58.4 Å². The number of aryl methyl sites for hydroxylation is 1. The number of nitrogens with one attached hydrogen (secondary N) is 1. The number of rotatable bonds is 8. The summed E-state index contributed by atoms with van der Waals surface area (Å²) in [7, 11) is 1.33. The molecular weight excluding hydrogens is 416 g/mol. The summed E-state index contributed by atoms with van der Waals surface area (Å²) in [4.78, 5) is 26.8. The van der Waals surface area contributed by atoms with E-state index in [1.807, 2.05) is 0 Å². The van der Waals surface area contributed by atoms with Gasteiger partial charge in [-0.2, -0.15) is 0 Å². The van der Waals surface area contributed by atoms with Crippen LogP contribution in [0, 0.1) is 0 Å². The van der Waals surface area contributed by atoms with Crippen molar-refractivity contribution in [3.8, 4) is 0 Å². The molecule has 1 atom stereocenters. The number of esters is 1. The largest absolute Gasteiger partial charge is 0.465 e. The molecule has 33 heavy (non-hydrogen) atoms. The normalized spacial score (nSPS) is 20.0. The predicted molar refractivity (Wildman–Crippen MR) is 127 cm³/mol. The van der Waals surface area contributed by atoms with E-state index in [1.54, 1.807) is 24.3 Å². The highest BCUT2D eigenvalue weighted by Gasteiger charge is 2.42. The quantitative estimate of drug-likeness (QED) is 0.619. The van der Waals surface area contributed by atoms with Gasteiger partial charge in [0.2, 0.25) is 0 Å². The van der Waals surface area contributed by atoms with Gasteiger partial charge in [0.1, 0.15) is 0 Å². The second kappa shape index (κ2) is 10.9. The van der Waals surface area contributed by atoms with Gasteiger partial charge in [-0.1, -0.05) is 36.4 Å². The van der Waals surface area contributed by atoms with E-state index in [9.17, 15) is 9.59 Å². The number of benzene rings is 2. The van der Waals surface area contributed by atoms with Gasteiger partial charge in [0, 0.05) is 25.2 Å². The predicted octanol–water partition coefficient (Wildman–Crippen LogP) is 3.85. The van der Waals surface area contributed by atoms with Crippen LogP contribution in [-0.2, 0) is 15.9 Å². The third kappa shape index (κ3) is 6.21. The maximum Gasteiger partial charge on any atom is 0.337 e. The molecule has 6 nitrogen and oxygen atoms in total. The van der Waals surface area contributed by atoms with Gasteiger partial charge in [0.25, 0.3) is 5.91 Å². The number of methoxy groups -OCH3 is 1. The van der Waals surface area contributed by atoms with Gasteiger partial charge < -0.3 is 19.7 Å². The summed E-state index contributed by atoms with van der Waals surface area (Å²) in [5, 5.41) is 2.97. The Morgan fingerprint density at radius 2 is 1.82 bits per heavy atom. The van der Waals surface area contributed by atoms with Gasteiger partial charge in [0.15, 0.2) is 0 Å². The molecule has 0 radical (unpaired) electrons. The average molecular weight is 451 g/mol. The maximum atomic E-state index is 12.6. The molecule has 0 aliphatic carbocycles. The number of amides is 1. The number of nitrogens with zero attached hydrogens (tertiary/aromatic N) is 1. The summed E-state index contributed by atoms with van der Waals surface area (Å²) in [5.74, 6) is -0.643. The second-order valence-electron chi connectivity index (χ2n) is 9.17. The fourth-order valence-corrected chi connectivity index (χ4v) is 4.96. The zero-order valence-corrected chi connectivity index (χ0v) is 19.4. The molecule has 4 rings (SSSR count). The fourth-order valence-electron chi connectivity index (χ4n) is 4.96. The van der Waals surface area contributed by atoms with Crippen LogP contribution in [0.2, 0.25) is 0 Å². The molecule has 1 N–H and O–H groups in total. The van der Waals surface area contributed by atoms with Gasteiger partial charge in [-0.3, -0.25) is 4.79 Å². The van der Waals surface area contributed by atoms with E-state index < -0.39 is 5.97 Å². The molecule has 2 fully saturated rings. The number of ether oxygens (including phenoxy) is 2. The summed E-state index contributed by atoms with van der Waals surface area (Å²) in [5.41, 5.74) is 2.20. The van der Waals surface area contributed by atoms with Crippen molar-refractivity contribution < 1.29 is 19.1 Å². The molecule has 1 amide bonds. The molecule has 1 spiro atoms. The van der Waals surface area contributed by atoms with Gasteiger partial charge in [-0.15, -0.1) is 0 Å². The molecule has 2 aromatic carbocycles. The van der Waals surface area contributed by atoms with Gasteiger partial charge in [0.05, 0.1) is 24.4 Å². The number of piperidine rings is 1. The average Bonchev–Trinajstić information content (AvgIpc) is 3.26. The Morgan fingerprint density at radius 3 is 2.58 bits per heavy atom. The Bertz CT molecular complexity index is 938.